The maximum absolute atomic E-state index is 11.8. The van der Waals surface area contributed by atoms with Crippen LogP contribution in [0.4, 0.5) is 0 Å². The number of rotatable bonds is 6. The van der Waals surface area contributed by atoms with Crippen molar-refractivity contribution in [3.05, 3.63) is 11.6 Å². The minimum absolute atomic E-state index is 0.274. The Morgan fingerprint density at radius 3 is 2.52 bits per heavy atom. The lowest BCUT2D eigenvalue weighted by Gasteiger charge is -2.22. The Balaban J connectivity index is 2.83. The normalized spacial score (nSPS) is 23.4. The molecule has 1 fully saturated rings. The third-order valence-corrected chi connectivity index (χ3v) is 3.51. The monoisotopic (exact) mass is 299 g/mol. The second-order valence-electron chi connectivity index (χ2n) is 5.71. The molecule has 0 spiro atoms. The number of methoxy groups -OCH3 is 2. The Kier molecular flexibility index (Phi) is 6.84. The predicted molar refractivity (Wildman–Crippen MR) is 77.6 cm³/mol. The molecular formula is C15H25NO5. The zero-order valence-corrected chi connectivity index (χ0v) is 13.2. The molecule has 2 atom stereocenters. The second-order valence-corrected chi connectivity index (χ2v) is 5.71. The number of aliphatic hydroxyl groups is 1. The van der Waals surface area contributed by atoms with E-state index in [4.69, 9.17) is 9.47 Å². The van der Waals surface area contributed by atoms with Gasteiger partial charge in [0, 0.05) is 25.1 Å². The van der Waals surface area contributed by atoms with Gasteiger partial charge in [-0.3, -0.25) is 9.69 Å². The highest BCUT2D eigenvalue weighted by atomic mass is 16.5. The third kappa shape index (κ3) is 5.13. The van der Waals surface area contributed by atoms with Crippen molar-refractivity contribution in [1.29, 1.82) is 0 Å². The summed E-state index contributed by atoms with van der Waals surface area (Å²) in [5.41, 5.74) is 0.509. The van der Waals surface area contributed by atoms with Gasteiger partial charge in [-0.2, -0.15) is 0 Å². The summed E-state index contributed by atoms with van der Waals surface area (Å²) < 4.78 is 9.54. The van der Waals surface area contributed by atoms with E-state index in [1.54, 1.807) is 4.90 Å². The van der Waals surface area contributed by atoms with Crippen molar-refractivity contribution in [2.75, 3.05) is 27.3 Å². The molecule has 1 aliphatic rings. The van der Waals surface area contributed by atoms with Gasteiger partial charge in [0.25, 0.3) is 0 Å². The topological polar surface area (TPSA) is 76.1 Å². The molecule has 1 heterocycles. The molecule has 0 amide bonds. The molecule has 0 aromatic carbocycles. The number of hydrogen-bond acceptors (Lipinski definition) is 6. The van der Waals surface area contributed by atoms with Gasteiger partial charge in [-0.15, -0.1) is 0 Å². The van der Waals surface area contributed by atoms with Gasteiger partial charge < -0.3 is 14.6 Å². The number of carbonyl (C=O) groups excluding carboxylic acids is 2. The zero-order valence-electron chi connectivity index (χ0n) is 13.2. The van der Waals surface area contributed by atoms with Crippen molar-refractivity contribution in [2.45, 2.75) is 38.8 Å². The molecule has 1 N–H and O–H groups in total. The number of nitrogens with zero attached hydrogens (tertiary/aromatic N) is 1. The summed E-state index contributed by atoms with van der Waals surface area (Å²) in [5, 5.41) is 9.76. The molecule has 0 aromatic heterocycles. The first kappa shape index (κ1) is 17.7. The second kappa shape index (κ2) is 8.14. The van der Waals surface area contributed by atoms with Gasteiger partial charge in [0.05, 0.1) is 20.3 Å². The molecule has 0 aliphatic carbocycles. The molecule has 6 heteroatoms. The standard InChI is InChI=1S/C15H25NO5/c1-10(2)5-6-11(14(18)20-3)8-16-9-12(17)7-13(16)15(19)21-4/h6,10,12-13,17H,5,7-9H2,1-4H3/b11-6+/t12-,13+/m1/s1. The Labute approximate surface area is 125 Å². The Hall–Kier alpha value is -1.40. The highest BCUT2D eigenvalue weighted by molar-refractivity contribution is 5.89. The molecule has 0 bridgehead atoms. The number of carbonyl (C=O) groups is 2. The van der Waals surface area contributed by atoms with Crippen LogP contribution in [0.25, 0.3) is 0 Å². The maximum atomic E-state index is 11.8. The fraction of sp³-hybridized carbons (Fsp3) is 0.733. The van der Waals surface area contributed by atoms with E-state index in [1.807, 2.05) is 6.08 Å². The average Bonchev–Trinajstić information content (AvgIpc) is 2.82. The van der Waals surface area contributed by atoms with Crippen molar-refractivity contribution in [3.8, 4) is 0 Å². The van der Waals surface area contributed by atoms with E-state index in [0.29, 0.717) is 24.5 Å². The van der Waals surface area contributed by atoms with Crippen molar-refractivity contribution in [3.63, 3.8) is 0 Å². The molecule has 6 nitrogen and oxygen atoms in total. The van der Waals surface area contributed by atoms with E-state index in [0.717, 1.165) is 6.42 Å². The first-order valence-corrected chi connectivity index (χ1v) is 7.16. The summed E-state index contributed by atoms with van der Waals surface area (Å²) in [7, 11) is 2.66. The molecular weight excluding hydrogens is 274 g/mol. The van der Waals surface area contributed by atoms with Crippen LogP contribution < -0.4 is 0 Å². The van der Waals surface area contributed by atoms with Crippen molar-refractivity contribution >= 4 is 11.9 Å². The number of allylic oxidation sites excluding steroid dienone is 1. The maximum Gasteiger partial charge on any atom is 0.334 e. The first-order chi connectivity index (χ1) is 9.88. The SMILES string of the molecule is COC(=O)/C(=C/CC(C)C)CN1C[C@H](O)C[C@H]1C(=O)OC. The van der Waals surface area contributed by atoms with Crippen LogP contribution >= 0.6 is 0 Å². The molecule has 0 saturated carbocycles. The summed E-state index contributed by atoms with van der Waals surface area (Å²) in [5.74, 6) is -0.370. The van der Waals surface area contributed by atoms with Crippen LogP contribution in [0.1, 0.15) is 26.7 Å². The summed E-state index contributed by atoms with van der Waals surface area (Å²) in [6.45, 7) is 4.73. The van der Waals surface area contributed by atoms with Gasteiger partial charge in [0.2, 0.25) is 0 Å². The lowest BCUT2D eigenvalue weighted by atomic mass is 10.1. The fourth-order valence-corrected chi connectivity index (χ4v) is 2.38. The van der Waals surface area contributed by atoms with Crippen LogP contribution in [0.5, 0.6) is 0 Å². The van der Waals surface area contributed by atoms with Crippen LogP contribution in [-0.2, 0) is 19.1 Å². The number of esters is 2. The zero-order chi connectivity index (χ0) is 16.0. The van der Waals surface area contributed by atoms with Crippen molar-refractivity contribution in [1.82, 2.24) is 4.90 Å². The molecule has 21 heavy (non-hydrogen) atoms. The lowest BCUT2D eigenvalue weighted by Crippen LogP contribution is -2.39. The lowest BCUT2D eigenvalue weighted by molar-refractivity contribution is -0.146. The van der Waals surface area contributed by atoms with Crippen molar-refractivity contribution in [2.24, 2.45) is 5.92 Å². The number of β-amino-alcohol motifs (C(OH)–C–C–N with tert-alkyl or cyclic N) is 1. The minimum Gasteiger partial charge on any atom is -0.468 e. The van der Waals surface area contributed by atoms with E-state index in [2.05, 4.69) is 13.8 Å². The molecule has 1 rings (SSSR count). The summed E-state index contributed by atoms with van der Waals surface area (Å²) in [6.07, 6.45) is 2.34. The predicted octanol–water partition coefficient (Wildman–Crippen LogP) is 0.740. The highest BCUT2D eigenvalue weighted by Gasteiger charge is 2.37. The third-order valence-electron chi connectivity index (χ3n) is 3.51. The van der Waals surface area contributed by atoms with Crippen molar-refractivity contribution < 1.29 is 24.2 Å². The molecule has 1 saturated heterocycles. The van der Waals surface area contributed by atoms with E-state index < -0.39 is 18.1 Å². The minimum atomic E-state index is -0.585. The van der Waals surface area contributed by atoms with Crippen LogP contribution in [0.3, 0.4) is 0 Å². The van der Waals surface area contributed by atoms with Crippen LogP contribution in [-0.4, -0.2) is 61.4 Å². The Morgan fingerprint density at radius 2 is 2.00 bits per heavy atom. The Bertz CT molecular complexity index is 405. The van der Waals surface area contributed by atoms with Crippen LogP contribution in [0.15, 0.2) is 11.6 Å². The number of hydrogen-bond donors (Lipinski definition) is 1. The highest BCUT2D eigenvalue weighted by Crippen LogP contribution is 2.21. The van der Waals surface area contributed by atoms with Gasteiger partial charge in [-0.05, 0) is 12.3 Å². The molecule has 0 aromatic rings. The Morgan fingerprint density at radius 1 is 1.33 bits per heavy atom. The van der Waals surface area contributed by atoms with E-state index in [-0.39, 0.29) is 12.5 Å². The smallest absolute Gasteiger partial charge is 0.334 e. The molecule has 0 radical (unpaired) electrons. The average molecular weight is 299 g/mol. The van der Waals surface area contributed by atoms with Gasteiger partial charge in [0.15, 0.2) is 0 Å². The fourth-order valence-electron chi connectivity index (χ4n) is 2.38. The van der Waals surface area contributed by atoms with Gasteiger partial charge >= 0.3 is 11.9 Å². The first-order valence-electron chi connectivity index (χ1n) is 7.16. The molecule has 1 aliphatic heterocycles. The summed E-state index contributed by atoms with van der Waals surface area (Å²) in [4.78, 5) is 25.4. The van der Waals surface area contributed by atoms with Crippen LogP contribution in [0.2, 0.25) is 0 Å². The van der Waals surface area contributed by atoms with Gasteiger partial charge in [0.1, 0.15) is 6.04 Å². The molecule has 0 unspecified atom stereocenters. The van der Waals surface area contributed by atoms with Gasteiger partial charge in [-0.25, -0.2) is 4.79 Å². The number of aliphatic hydroxyl groups excluding tert-OH is 1. The molecule has 120 valence electrons. The number of likely N-dealkylation sites (tertiary alicyclic amines) is 1. The summed E-state index contributed by atoms with van der Waals surface area (Å²) in [6, 6.07) is -0.517. The van der Waals surface area contributed by atoms with E-state index >= 15 is 0 Å². The van der Waals surface area contributed by atoms with E-state index in [1.165, 1.54) is 14.2 Å². The van der Waals surface area contributed by atoms with E-state index in [9.17, 15) is 14.7 Å². The van der Waals surface area contributed by atoms with Gasteiger partial charge in [-0.1, -0.05) is 19.9 Å². The number of ether oxygens (including phenoxy) is 2. The van der Waals surface area contributed by atoms with Crippen LogP contribution in [0, 0.1) is 5.92 Å². The quantitative estimate of drug-likeness (QED) is 0.576. The summed E-state index contributed by atoms with van der Waals surface area (Å²) >= 11 is 0. The largest absolute Gasteiger partial charge is 0.468 e.